The number of benzene rings is 2. The van der Waals surface area contributed by atoms with E-state index in [9.17, 15) is 14.0 Å². The van der Waals surface area contributed by atoms with Gasteiger partial charge in [0.2, 0.25) is 11.8 Å². The van der Waals surface area contributed by atoms with Gasteiger partial charge in [-0.1, -0.05) is 29.8 Å². The van der Waals surface area contributed by atoms with Crippen molar-refractivity contribution in [1.29, 1.82) is 0 Å². The molecule has 0 aliphatic carbocycles. The van der Waals surface area contributed by atoms with Crippen molar-refractivity contribution in [3.8, 4) is 0 Å². The highest BCUT2D eigenvalue weighted by Gasteiger charge is 2.36. The molecular weight excluding hydrogens is 383 g/mol. The van der Waals surface area contributed by atoms with Crippen molar-refractivity contribution >= 4 is 17.5 Å². The monoisotopic (exact) mass is 406 g/mol. The lowest BCUT2D eigenvalue weighted by Crippen LogP contribution is -2.37. The van der Waals surface area contributed by atoms with Gasteiger partial charge >= 0.3 is 0 Å². The second-order valence-electron chi connectivity index (χ2n) is 7.63. The zero-order valence-electron chi connectivity index (χ0n) is 16.9. The predicted molar refractivity (Wildman–Crippen MR) is 111 cm³/mol. The number of carbonyl (C=O) groups is 2. The Bertz CT molecular complexity index is 1080. The molecule has 0 spiro atoms. The number of aromatic nitrogens is 2. The van der Waals surface area contributed by atoms with E-state index in [2.05, 4.69) is 10.3 Å². The van der Waals surface area contributed by atoms with Gasteiger partial charge < -0.3 is 14.8 Å². The van der Waals surface area contributed by atoms with Gasteiger partial charge in [0.1, 0.15) is 17.7 Å². The molecule has 30 heavy (non-hydrogen) atoms. The fraction of sp³-hybridized carbons (Fsp3) is 0.261. The molecule has 1 N–H and O–H groups in total. The van der Waals surface area contributed by atoms with Crippen molar-refractivity contribution in [2.75, 3.05) is 11.4 Å². The smallest absolute Gasteiger partial charge is 0.227 e. The topological polar surface area (TPSA) is 67.2 Å². The Hall–Kier alpha value is -3.48. The molecule has 2 aromatic carbocycles. The molecule has 1 saturated heterocycles. The number of nitrogens with zero attached hydrogens (tertiary/aromatic N) is 3. The Kier molecular flexibility index (Phi) is 5.35. The molecule has 2 amide bonds. The third-order valence-corrected chi connectivity index (χ3v) is 5.43. The van der Waals surface area contributed by atoms with E-state index in [-0.39, 0.29) is 24.1 Å². The molecule has 1 aliphatic rings. The molecule has 1 aromatic heterocycles. The maximum Gasteiger partial charge on any atom is 0.227 e. The van der Waals surface area contributed by atoms with Crippen LogP contribution in [0.4, 0.5) is 10.1 Å². The summed E-state index contributed by atoms with van der Waals surface area (Å²) in [6.07, 6.45) is 3.54. The number of amides is 2. The maximum absolute atomic E-state index is 13.8. The van der Waals surface area contributed by atoms with E-state index < -0.39 is 12.0 Å². The third-order valence-electron chi connectivity index (χ3n) is 5.43. The number of hydrogen-bond donors (Lipinski definition) is 1. The minimum absolute atomic E-state index is 0.0849. The van der Waals surface area contributed by atoms with Crippen molar-refractivity contribution in [3.05, 3.63) is 83.7 Å². The van der Waals surface area contributed by atoms with Crippen LogP contribution in [-0.4, -0.2) is 27.9 Å². The third kappa shape index (κ3) is 3.96. The number of nitrogens with one attached hydrogen (secondary N) is 1. The van der Waals surface area contributed by atoms with Crippen molar-refractivity contribution in [2.45, 2.75) is 19.4 Å². The van der Waals surface area contributed by atoms with Gasteiger partial charge in [-0.05, 0) is 36.8 Å². The number of hydrogen-bond acceptors (Lipinski definition) is 3. The lowest BCUT2D eigenvalue weighted by atomic mass is 10.0. The fourth-order valence-corrected chi connectivity index (χ4v) is 3.76. The molecule has 3 aromatic rings. The Balaban J connectivity index is 1.55. The maximum atomic E-state index is 13.8. The quantitative estimate of drug-likeness (QED) is 0.708. The summed E-state index contributed by atoms with van der Waals surface area (Å²) in [5.74, 6) is -0.625. The number of aryl methyl sites for hydroxylation is 2. The summed E-state index contributed by atoms with van der Waals surface area (Å²) in [4.78, 5) is 31.6. The molecule has 2 atom stereocenters. The molecule has 1 aliphatic heterocycles. The Morgan fingerprint density at radius 2 is 2.00 bits per heavy atom. The van der Waals surface area contributed by atoms with Gasteiger partial charge in [-0.15, -0.1) is 0 Å². The summed E-state index contributed by atoms with van der Waals surface area (Å²) >= 11 is 0. The van der Waals surface area contributed by atoms with Crippen LogP contribution in [0.2, 0.25) is 0 Å². The normalized spacial score (nSPS) is 17.2. The van der Waals surface area contributed by atoms with Crippen LogP contribution in [0.5, 0.6) is 0 Å². The summed E-state index contributed by atoms with van der Waals surface area (Å²) in [5, 5.41) is 2.98. The van der Waals surface area contributed by atoms with Crippen LogP contribution < -0.4 is 10.2 Å². The molecule has 7 heteroatoms. The summed E-state index contributed by atoms with van der Waals surface area (Å²) in [7, 11) is 1.82. The second kappa shape index (κ2) is 8.10. The summed E-state index contributed by atoms with van der Waals surface area (Å²) in [5.41, 5.74) is 2.48. The minimum atomic E-state index is -0.614. The van der Waals surface area contributed by atoms with Gasteiger partial charge in [-0.25, -0.2) is 9.37 Å². The van der Waals surface area contributed by atoms with E-state index in [1.807, 2.05) is 38.2 Å². The molecule has 154 valence electrons. The SMILES string of the molecule is Cc1ccc(N2CC(C(=O)NC(c3cccc(F)c3)c3nccn3C)CC2=O)cc1. The zero-order valence-corrected chi connectivity index (χ0v) is 16.9. The predicted octanol–water partition coefficient (Wildman–Crippen LogP) is 3.13. The summed E-state index contributed by atoms with van der Waals surface area (Å²) < 4.78 is 15.6. The molecule has 6 nitrogen and oxygen atoms in total. The van der Waals surface area contributed by atoms with Gasteiger partial charge in [0, 0.05) is 38.1 Å². The first kappa shape index (κ1) is 19.8. The van der Waals surface area contributed by atoms with Crippen LogP contribution in [0.25, 0.3) is 0 Å². The van der Waals surface area contributed by atoms with Gasteiger partial charge in [0.05, 0.1) is 5.92 Å². The highest BCUT2D eigenvalue weighted by molar-refractivity contribution is 6.00. The first-order valence-electron chi connectivity index (χ1n) is 9.82. The molecule has 0 radical (unpaired) electrons. The Labute approximate surface area is 174 Å². The van der Waals surface area contributed by atoms with Crippen LogP contribution in [0.15, 0.2) is 60.9 Å². The Morgan fingerprint density at radius 1 is 1.23 bits per heavy atom. The zero-order chi connectivity index (χ0) is 21.3. The van der Waals surface area contributed by atoms with E-state index in [0.29, 0.717) is 17.9 Å². The van der Waals surface area contributed by atoms with E-state index in [1.165, 1.54) is 12.1 Å². The largest absolute Gasteiger partial charge is 0.342 e. The van der Waals surface area contributed by atoms with Crippen LogP contribution in [0.3, 0.4) is 0 Å². The van der Waals surface area contributed by atoms with Crippen LogP contribution in [0, 0.1) is 18.7 Å². The lowest BCUT2D eigenvalue weighted by molar-refractivity contribution is -0.126. The summed E-state index contributed by atoms with van der Waals surface area (Å²) in [6, 6.07) is 13.1. The second-order valence-corrected chi connectivity index (χ2v) is 7.63. The Morgan fingerprint density at radius 3 is 2.67 bits per heavy atom. The number of carbonyl (C=O) groups excluding carboxylic acids is 2. The molecule has 2 unspecified atom stereocenters. The van der Waals surface area contributed by atoms with E-state index in [4.69, 9.17) is 0 Å². The number of rotatable bonds is 5. The highest BCUT2D eigenvalue weighted by atomic mass is 19.1. The molecule has 4 rings (SSSR count). The molecule has 1 fully saturated rings. The summed E-state index contributed by atoms with van der Waals surface area (Å²) in [6.45, 7) is 2.29. The molecule has 2 heterocycles. The van der Waals surface area contributed by atoms with Crippen LogP contribution in [-0.2, 0) is 16.6 Å². The van der Waals surface area contributed by atoms with Crippen molar-refractivity contribution in [3.63, 3.8) is 0 Å². The van der Waals surface area contributed by atoms with Gasteiger partial charge in [0.15, 0.2) is 0 Å². The number of anilines is 1. The average Bonchev–Trinajstić information content (AvgIpc) is 3.32. The lowest BCUT2D eigenvalue weighted by Gasteiger charge is -2.21. The van der Waals surface area contributed by atoms with Crippen molar-refractivity contribution in [2.24, 2.45) is 13.0 Å². The van der Waals surface area contributed by atoms with Crippen LogP contribution >= 0.6 is 0 Å². The van der Waals surface area contributed by atoms with Gasteiger partial charge in [-0.2, -0.15) is 0 Å². The van der Waals surface area contributed by atoms with Gasteiger partial charge in [0.25, 0.3) is 0 Å². The number of halogens is 1. The van der Waals surface area contributed by atoms with Crippen molar-refractivity contribution in [1.82, 2.24) is 14.9 Å². The minimum Gasteiger partial charge on any atom is -0.342 e. The highest BCUT2D eigenvalue weighted by Crippen LogP contribution is 2.27. The van der Waals surface area contributed by atoms with Crippen LogP contribution in [0.1, 0.15) is 29.4 Å². The average molecular weight is 406 g/mol. The molecular formula is C23H23FN4O2. The van der Waals surface area contributed by atoms with E-state index >= 15 is 0 Å². The number of imidazole rings is 1. The fourth-order valence-electron chi connectivity index (χ4n) is 3.76. The molecule has 0 saturated carbocycles. The standard InChI is InChI=1S/C23H23FN4O2/c1-15-6-8-19(9-7-15)28-14-17(13-20(28)29)23(30)26-21(22-25-10-11-27(22)2)16-4-3-5-18(24)12-16/h3-12,17,21H,13-14H2,1-2H3,(H,26,30). The van der Waals surface area contributed by atoms with Crippen molar-refractivity contribution < 1.29 is 14.0 Å². The van der Waals surface area contributed by atoms with Gasteiger partial charge in [-0.3, -0.25) is 9.59 Å². The first-order chi connectivity index (χ1) is 14.4. The van der Waals surface area contributed by atoms with E-state index in [1.54, 1.807) is 34.0 Å². The first-order valence-corrected chi connectivity index (χ1v) is 9.82. The van der Waals surface area contributed by atoms with E-state index in [0.717, 1.165) is 11.3 Å². The molecule has 0 bridgehead atoms.